The van der Waals surface area contributed by atoms with Crippen LogP contribution in [0.4, 0.5) is 0 Å². The maximum absolute atomic E-state index is 4.39. The van der Waals surface area contributed by atoms with Crippen LogP contribution >= 0.6 is 0 Å². The Kier molecular flexibility index (Phi) is 8.68. The molecule has 1 aromatic carbocycles. The Bertz CT molecular complexity index is 763. The van der Waals surface area contributed by atoms with Crippen molar-refractivity contribution in [2.75, 3.05) is 40.3 Å². The quantitative estimate of drug-likeness (QED) is 0.390. The zero-order valence-corrected chi connectivity index (χ0v) is 18.8. The molecule has 1 saturated heterocycles. The number of likely N-dealkylation sites (tertiary alicyclic amines) is 1. The van der Waals surface area contributed by atoms with Crippen LogP contribution in [0, 0.1) is 5.92 Å². The first kappa shape index (κ1) is 22.3. The molecular weight excluding hydrogens is 374 g/mol. The second kappa shape index (κ2) is 11.7. The predicted octanol–water partition coefficient (Wildman–Crippen LogP) is 2.56. The van der Waals surface area contributed by atoms with E-state index in [4.69, 9.17) is 0 Å². The lowest BCUT2D eigenvalue weighted by Crippen LogP contribution is -2.39. The normalized spacial score (nSPS) is 16.0. The lowest BCUT2D eigenvalue weighted by molar-refractivity contribution is 0.181. The van der Waals surface area contributed by atoms with E-state index in [1.165, 1.54) is 50.9 Å². The van der Waals surface area contributed by atoms with Crippen molar-refractivity contribution in [2.24, 2.45) is 18.0 Å². The van der Waals surface area contributed by atoms with Gasteiger partial charge in [-0.05, 0) is 63.2 Å². The molecule has 1 fully saturated rings. The first-order valence-corrected chi connectivity index (χ1v) is 11.2. The van der Waals surface area contributed by atoms with Crippen molar-refractivity contribution < 1.29 is 0 Å². The number of nitrogens with zero attached hydrogens (tertiary/aromatic N) is 6. The summed E-state index contributed by atoms with van der Waals surface area (Å²) in [5.41, 5.74) is 1.49. The minimum atomic E-state index is 0.689. The monoisotopic (exact) mass is 411 g/mol. The van der Waals surface area contributed by atoms with E-state index in [1.54, 1.807) is 11.0 Å². The van der Waals surface area contributed by atoms with Gasteiger partial charge >= 0.3 is 0 Å². The van der Waals surface area contributed by atoms with Crippen LogP contribution in [0.5, 0.6) is 0 Å². The van der Waals surface area contributed by atoms with Gasteiger partial charge in [-0.25, -0.2) is 4.98 Å². The number of piperidine rings is 1. The van der Waals surface area contributed by atoms with Crippen LogP contribution in [0.15, 0.2) is 41.7 Å². The van der Waals surface area contributed by atoms with Crippen LogP contribution < -0.4 is 5.32 Å². The van der Waals surface area contributed by atoms with Gasteiger partial charge in [-0.1, -0.05) is 30.3 Å². The molecule has 7 nitrogen and oxygen atoms in total. The molecule has 2 aromatic rings. The van der Waals surface area contributed by atoms with Crippen LogP contribution in [0.1, 0.15) is 37.1 Å². The molecule has 0 saturated carbocycles. The fourth-order valence-electron chi connectivity index (χ4n) is 4.16. The molecule has 1 N–H and O–H groups in total. The minimum Gasteiger partial charge on any atom is -0.356 e. The van der Waals surface area contributed by atoms with Gasteiger partial charge in [0.1, 0.15) is 12.2 Å². The molecule has 1 aliphatic rings. The van der Waals surface area contributed by atoms with Crippen molar-refractivity contribution in [1.29, 1.82) is 0 Å². The largest absolute Gasteiger partial charge is 0.356 e. The number of hydrogen-bond acceptors (Lipinski definition) is 4. The van der Waals surface area contributed by atoms with E-state index >= 15 is 0 Å². The minimum absolute atomic E-state index is 0.689. The van der Waals surface area contributed by atoms with Crippen molar-refractivity contribution in [1.82, 2.24) is 29.9 Å². The van der Waals surface area contributed by atoms with Gasteiger partial charge in [-0.3, -0.25) is 9.67 Å². The predicted molar refractivity (Wildman–Crippen MR) is 122 cm³/mol. The van der Waals surface area contributed by atoms with E-state index < -0.39 is 0 Å². The van der Waals surface area contributed by atoms with Crippen molar-refractivity contribution in [2.45, 2.75) is 38.6 Å². The number of nitrogens with one attached hydrogen (secondary N) is 1. The highest BCUT2D eigenvalue weighted by Crippen LogP contribution is 2.21. The third-order valence-corrected chi connectivity index (χ3v) is 6.02. The van der Waals surface area contributed by atoms with Crippen molar-refractivity contribution in [3.8, 4) is 0 Å². The number of aromatic nitrogens is 3. The molecule has 30 heavy (non-hydrogen) atoms. The summed E-state index contributed by atoms with van der Waals surface area (Å²) in [6, 6.07) is 10.9. The summed E-state index contributed by atoms with van der Waals surface area (Å²) in [6.07, 6.45) is 7.85. The van der Waals surface area contributed by atoms with E-state index in [0.29, 0.717) is 6.54 Å². The third-order valence-electron chi connectivity index (χ3n) is 6.02. The fraction of sp³-hybridized carbons (Fsp3) is 0.609. The molecule has 3 rings (SSSR count). The average Bonchev–Trinajstić information content (AvgIpc) is 3.17. The van der Waals surface area contributed by atoms with Crippen LogP contribution in [0.25, 0.3) is 0 Å². The molecule has 0 radical (unpaired) electrons. The first-order chi connectivity index (χ1) is 14.7. The van der Waals surface area contributed by atoms with E-state index in [1.807, 2.05) is 21.1 Å². The molecule has 1 aromatic heterocycles. The molecule has 0 bridgehead atoms. The van der Waals surface area contributed by atoms with Crippen LogP contribution in [-0.4, -0.2) is 70.8 Å². The topological polar surface area (TPSA) is 61.6 Å². The number of guanidine groups is 1. The molecule has 2 heterocycles. The number of benzene rings is 1. The molecule has 164 valence electrons. The van der Waals surface area contributed by atoms with E-state index in [2.05, 4.69) is 60.5 Å². The van der Waals surface area contributed by atoms with Gasteiger partial charge in [0.25, 0.3) is 0 Å². The smallest absolute Gasteiger partial charge is 0.193 e. The first-order valence-electron chi connectivity index (χ1n) is 11.2. The molecule has 7 heteroatoms. The molecule has 0 spiro atoms. The van der Waals surface area contributed by atoms with E-state index in [9.17, 15) is 0 Å². The molecule has 1 aliphatic heterocycles. The van der Waals surface area contributed by atoms with Crippen LogP contribution in [-0.2, 0) is 20.0 Å². The van der Waals surface area contributed by atoms with Gasteiger partial charge < -0.3 is 15.1 Å². The Labute approximate surface area is 181 Å². The highest BCUT2D eigenvalue weighted by molar-refractivity contribution is 5.79. The summed E-state index contributed by atoms with van der Waals surface area (Å²) < 4.78 is 1.80. The number of hydrogen-bond donors (Lipinski definition) is 1. The number of aryl methyl sites for hydroxylation is 1. The van der Waals surface area contributed by atoms with Crippen LogP contribution in [0.3, 0.4) is 0 Å². The standard InChI is InChI=1S/C23H37N7/c1-24-23(28(2)18-22-26-19-27-29(22)3)25-13-7-8-14-30-15-11-21(12-16-30)17-20-9-5-4-6-10-20/h4-6,9-10,19,21H,7-8,11-18H2,1-3H3,(H,24,25). The molecule has 0 amide bonds. The van der Waals surface area contributed by atoms with Gasteiger partial charge in [0.2, 0.25) is 0 Å². The Morgan fingerprint density at radius 2 is 1.97 bits per heavy atom. The van der Waals surface area contributed by atoms with Gasteiger partial charge in [-0.2, -0.15) is 5.10 Å². The molecular formula is C23H37N7. The summed E-state index contributed by atoms with van der Waals surface area (Å²) in [6.45, 7) is 5.32. The Balaban J connectivity index is 1.27. The summed E-state index contributed by atoms with van der Waals surface area (Å²) in [5.74, 6) is 2.67. The van der Waals surface area contributed by atoms with Gasteiger partial charge in [0.15, 0.2) is 5.96 Å². The van der Waals surface area contributed by atoms with E-state index in [0.717, 1.165) is 30.7 Å². The highest BCUT2D eigenvalue weighted by atomic mass is 15.4. The lowest BCUT2D eigenvalue weighted by atomic mass is 9.90. The Hall–Kier alpha value is -2.41. The number of aliphatic imine (C=N–C) groups is 1. The van der Waals surface area contributed by atoms with Crippen molar-refractivity contribution in [3.05, 3.63) is 48.0 Å². The molecule has 0 unspecified atom stereocenters. The van der Waals surface area contributed by atoms with Crippen molar-refractivity contribution in [3.63, 3.8) is 0 Å². The molecule has 0 atom stereocenters. The summed E-state index contributed by atoms with van der Waals surface area (Å²) in [5, 5.41) is 7.60. The average molecular weight is 412 g/mol. The second-order valence-electron chi connectivity index (χ2n) is 8.31. The highest BCUT2D eigenvalue weighted by Gasteiger charge is 2.19. The molecule has 0 aliphatic carbocycles. The zero-order chi connectivity index (χ0) is 21.2. The van der Waals surface area contributed by atoms with Gasteiger partial charge in [0, 0.05) is 27.7 Å². The van der Waals surface area contributed by atoms with Gasteiger partial charge in [-0.15, -0.1) is 0 Å². The summed E-state index contributed by atoms with van der Waals surface area (Å²) in [4.78, 5) is 13.4. The fourth-order valence-corrected chi connectivity index (χ4v) is 4.16. The third kappa shape index (κ3) is 6.83. The SMILES string of the molecule is CN=C(NCCCCN1CCC(Cc2ccccc2)CC1)N(C)Cc1ncnn1C. The number of unbranched alkanes of at least 4 members (excludes halogenated alkanes) is 1. The Morgan fingerprint density at radius 1 is 1.20 bits per heavy atom. The lowest BCUT2D eigenvalue weighted by Gasteiger charge is -2.32. The summed E-state index contributed by atoms with van der Waals surface area (Å²) in [7, 11) is 5.77. The number of rotatable bonds is 9. The summed E-state index contributed by atoms with van der Waals surface area (Å²) >= 11 is 0. The zero-order valence-electron chi connectivity index (χ0n) is 18.8. The maximum atomic E-state index is 4.39. The van der Waals surface area contributed by atoms with E-state index in [-0.39, 0.29) is 0 Å². The van der Waals surface area contributed by atoms with Crippen molar-refractivity contribution >= 4 is 5.96 Å². The second-order valence-corrected chi connectivity index (χ2v) is 8.31. The van der Waals surface area contributed by atoms with Crippen LogP contribution in [0.2, 0.25) is 0 Å². The van der Waals surface area contributed by atoms with Gasteiger partial charge in [0.05, 0.1) is 6.54 Å². The Morgan fingerprint density at radius 3 is 2.63 bits per heavy atom. The maximum Gasteiger partial charge on any atom is 0.193 e.